The van der Waals surface area contributed by atoms with E-state index in [1.807, 2.05) is 12.1 Å². The van der Waals surface area contributed by atoms with Crippen LogP contribution in [0.4, 0.5) is 0 Å². The van der Waals surface area contributed by atoms with Crippen LogP contribution >= 0.6 is 15.9 Å². The monoisotopic (exact) mass is 297 g/mol. The van der Waals surface area contributed by atoms with Crippen LogP contribution in [-0.4, -0.2) is 0 Å². The van der Waals surface area contributed by atoms with Crippen molar-refractivity contribution >= 4 is 15.9 Å². The molecule has 0 saturated carbocycles. The third-order valence-electron chi connectivity index (χ3n) is 3.57. The molecule has 0 bridgehead atoms. The van der Waals surface area contributed by atoms with Crippen LogP contribution in [0.2, 0.25) is 0 Å². The van der Waals surface area contributed by atoms with Gasteiger partial charge in [-0.2, -0.15) is 5.26 Å². The molecule has 0 saturated heterocycles. The second-order valence-electron chi connectivity index (χ2n) is 4.60. The lowest BCUT2D eigenvalue weighted by Crippen LogP contribution is -2.00. The number of benzene rings is 2. The third-order valence-corrected chi connectivity index (χ3v) is 4.07. The SMILES string of the molecule is N#CC1c2ccccc2CCc2cc(Br)ccc21. The van der Waals surface area contributed by atoms with Crippen LogP contribution in [0.15, 0.2) is 46.9 Å². The highest BCUT2D eigenvalue weighted by Gasteiger charge is 2.22. The van der Waals surface area contributed by atoms with E-state index in [-0.39, 0.29) is 5.92 Å². The Morgan fingerprint density at radius 3 is 2.56 bits per heavy atom. The van der Waals surface area contributed by atoms with Crippen molar-refractivity contribution < 1.29 is 0 Å². The lowest BCUT2D eigenvalue weighted by atomic mass is 9.89. The van der Waals surface area contributed by atoms with E-state index in [0.717, 1.165) is 22.9 Å². The lowest BCUT2D eigenvalue weighted by molar-refractivity contribution is 0.964. The molecule has 0 fully saturated rings. The van der Waals surface area contributed by atoms with E-state index in [4.69, 9.17) is 0 Å². The average molecular weight is 298 g/mol. The number of nitriles is 1. The Morgan fingerprint density at radius 2 is 1.72 bits per heavy atom. The maximum absolute atomic E-state index is 9.52. The molecule has 2 aromatic rings. The Morgan fingerprint density at radius 1 is 1.00 bits per heavy atom. The number of rotatable bonds is 0. The summed E-state index contributed by atoms with van der Waals surface area (Å²) in [5, 5.41) is 9.52. The highest BCUT2D eigenvalue weighted by molar-refractivity contribution is 9.10. The van der Waals surface area contributed by atoms with Gasteiger partial charge in [0.2, 0.25) is 0 Å². The summed E-state index contributed by atoms with van der Waals surface area (Å²) in [6.45, 7) is 0. The molecule has 2 heteroatoms. The minimum Gasteiger partial charge on any atom is -0.197 e. The summed E-state index contributed by atoms with van der Waals surface area (Å²) in [4.78, 5) is 0. The van der Waals surface area contributed by atoms with Crippen LogP contribution in [0.25, 0.3) is 0 Å². The number of hydrogen-bond acceptors (Lipinski definition) is 1. The first-order valence-electron chi connectivity index (χ1n) is 6.05. The topological polar surface area (TPSA) is 23.8 Å². The maximum atomic E-state index is 9.52. The molecule has 2 aromatic carbocycles. The average Bonchev–Trinajstić information content (AvgIpc) is 2.55. The molecule has 1 aliphatic carbocycles. The van der Waals surface area contributed by atoms with Gasteiger partial charge in [-0.1, -0.05) is 46.3 Å². The van der Waals surface area contributed by atoms with Gasteiger partial charge in [0.25, 0.3) is 0 Å². The van der Waals surface area contributed by atoms with Gasteiger partial charge >= 0.3 is 0 Å². The molecule has 1 aliphatic rings. The number of hydrogen-bond donors (Lipinski definition) is 0. The molecule has 1 unspecified atom stereocenters. The maximum Gasteiger partial charge on any atom is 0.0968 e. The van der Waals surface area contributed by atoms with E-state index in [2.05, 4.69) is 52.3 Å². The summed E-state index contributed by atoms with van der Waals surface area (Å²) in [7, 11) is 0. The van der Waals surface area contributed by atoms with Crippen molar-refractivity contribution in [3.05, 3.63) is 69.2 Å². The van der Waals surface area contributed by atoms with E-state index in [1.54, 1.807) is 0 Å². The highest BCUT2D eigenvalue weighted by atomic mass is 79.9. The fourth-order valence-corrected chi connectivity index (χ4v) is 3.10. The molecule has 0 spiro atoms. The molecule has 88 valence electrons. The van der Waals surface area contributed by atoms with E-state index in [1.165, 1.54) is 16.7 Å². The summed E-state index contributed by atoms with van der Waals surface area (Å²) in [6.07, 6.45) is 2.02. The molecule has 0 aliphatic heterocycles. The van der Waals surface area contributed by atoms with E-state index in [9.17, 15) is 5.26 Å². The van der Waals surface area contributed by atoms with E-state index in [0.29, 0.717) is 0 Å². The van der Waals surface area contributed by atoms with Crippen molar-refractivity contribution in [3.8, 4) is 6.07 Å². The van der Waals surface area contributed by atoms with Crippen LogP contribution in [0, 0.1) is 11.3 Å². The smallest absolute Gasteiger partial charge is 0.0968 e. The van der Waals surface area contributed by atoms with Crippen molar-refractivity contribution in [1.82, 2.24) is 0 Å². The first-order valence-corrected chi connectivity index (χ1v) is 6.84. The van der Waals surface area contributed by atoms with Gasteiger partial charge in [0.15, 0.2) is 0 Å². The molecule has 0 radical (unpaired) electrons. The van der Waals surface area contributed by atoms with Gasteiger partial charge in [-0.25, -0.2) is 0 Å². The first-order chi connectivity index (χ1) is 8.79. The predicted molar refractivity (Wildman–Crippen MR) is 75.4 cm³/mol. The van der Waals surface area contributed by atoms with Crippen molar-refractivity contribution in [2.24, 2.45) is 0 Å². The molecule has 0 amide bonds. The molecule has 0 aromatic heterocycles. The molecular formula is C16H12BrN. The Balaban J connectivity index is 2.22. The van der Waals surface area contributed by atoms with Gasteiger partial charge in [-0.15, -0.1) is 0 Å². The Kier molecular flexibility index (Phi) is 2.93. The largest absolute Gasteiger partial charge is 0.197 e. The minimum atomic E-state index is -0.133. The molecule has 0 N–H and O–H groups in total. The van der Waals surface area contributed by atoms with E-state index >= 15 is 0 Å². The van der Waals surface area contributed by atoms with Crippen LogP contribution in [-0.2, 0) is 12.8 Å². The molecule has 1 nitrogen and oxygen atoms in total. The number of halogens is 1. The second-order valence-corrected chi connectivity index (χ2v) is 5.52. The van der Waals surface area contributed by atoms with Crippen LogP contribution in [0.5, 0.6) is 0 Å². The van der Waals surface area contributed by atoms with Gasteiger partial charge < -0.3 is 0 Å². The zero-order chi connectivity index (χ0) is 12.5. The predicted octanol–water partition coefficient (Wildman–Crippen LogP) is 4.20. The first kappa shape index (κ1) is 11.5. The van der Waals surface area contributed by atoms with Gasteiger partial charge in [0, 0.05) is 4.47 Å². The molecule has 3 rings (SSSR count). The van der Waals surface area contributed by atoms with Crippen LogP contribution < -0.4 is 0 Å². The summed E-state index contributed by atoms with van der Waals surface area (Å²) in [5.74, 6) is -0.133. The third kappa shape index (κ3) is 1.85. The van der Waals surface area contributed by atoms with Crippen molar-refractivity contribution in [1.29, 1.82) is 5.26 Å². The second kappa shape index (κ2) is 4.59. The normalized spacial score (nSPS) is 17.2. The Labute approximate surface area is 115 Å². The lowest BCUT2D eigenvalue weighted by Gasteiger charge is -2.13. The Hall–Kier alpha value is -1.59. The van der Waals surface area contributed by atoms with Gasteiger partial charge in [-0.05, 0) is 47.2 Å². The van der Waals surface area contributed by atoms with Crippen molar-refractivity contribution in [3.63, 3.8) is 0 Å². The van der Waals surface area contributed by atoms with Crippen LogP contribution in [0.1, 0.15) is 28.2 Å². The fraction of sp³-hybridized carbons (Fsp3) is 0.188. The summed E-state index contributed by atoms with van der Waals surface area (Å²) < 4.78 is 1.09. The zero-order valence-electron chi connectivity index (χ0n) is 9.86. The summed E-state index contributed by atoms with van der Waals surface area (Å²) in [6, 6.07) is 17.0. The molecule has 1 atom stereocenters. The number of nitrogens with zero attached hydrogens (tertiary/aromatic N) is 1. The van der Waals surface area contributed by atoms with Crippen LogP contribution in [0.3, 0.4) is 0 Å². The van der Waals surface area contributed by atoms with Gasteiger partial charge in [-0.3, -0.25) is 0 Å². The Bertz CT molecular complexity index is 640. The summed E-state index contributed by atoms with van der Waals surface area (Å²) in [5.41, 5.74) is 4.91. The fourth-order valence-electron chi connectivity index (χ4n) is 2.69. The molecular weight excluding hydrogens is 286 g/mol. The van der Waals surface area contributed by atoms with Crippen molar-refractivity contribution in [2.75, 3.05) is 0 Å². The zero-order valence-corrected chi connectivity index (χ0v) is 11.4. The van der Waals surface area contributed by atoms with Crippen molar-refractivity contribution in [2.45, 2.75) is 18.8 Å². The molecule has 18 heavy (non-hydrogen) atoms. The van der Waals surface area contributed by atoms with Gasteiger partial charge in [0.1, 0.15) is 0 Å². The van der Waals surface area contributed by atoms with Gasteiger partial charge in [0.05, 0.1) is 12.0 Å². The minimum absolute atomic E-state index is 0.133. The summed E-state index contributed by atoms with van der Waals surface area (Å²) >= 11 is 3.51. The quantitative estimate of drug-likeness (QED) is 0.715. The van der Waals surface area contributed by atoms with E-state index < -0.39 is 0 Å². The standard InChI is InChI=1S/C16H12BrN/c17-13-7-8-15-12(9-13)6-5-11-3-1-2-4-14(11)16(15)10-18/h1-4,7-9,16H,5-6H2. The highest BCUT2D eigenvalue weighted by Crippen LogP contribution is 2.34. The number of aryl methyl sites for hydroxylation is 2. The number of fused-ring (bicyclic) bond motifs is 2. The molecule has 0 heterocycles.